The van der Waals surface area contributed by atoms with Crippen LogP contribution >= 0.6 is 15.9 Å². The summed E-state index contributed by atoms with van der Waals surface area (Å²) in [7, 11) is -3.56. The predicted octanol–water partition coefficient (Wildman–Crippen LogP) is 4.93. The molecule has 31 heavy (non-hydrogen) atoms. The summed E-state index contributed by atoms with van der Waals surface area (Å²) in [6, 6.07) is 9.68. The third-order valence-corrected chi connectivity index (χ3v) is 6.74. The van der Waals surface area contributed by atoms with Crippen LogP contribution in [0.1, 0.15) is 31.5 Å². The molecular weight excluding hydrogens is 497 g/mol. The summed E-state index contributed by atoms with van der Waals surface area (Å²) >= 11 is 3.33. The first-order valence-corrected chi connectivity index (χ1v) is 12.0. The van der Waals surface area contributed by atoms with Gasteiger partial charge in [0.2, 0.25) is 0 Å². The third kappa shape index (κ3) is 5.12. The summed E-state index contributed by atoms with van der Waals surface area (Å²) in [5.74, 6) is 0. The fourth-order valence-corrected chi connectivity index (χ4v) is 4.67. The maximum absolute atomic E-state index is 14.0. The molecule has 0 aliphatic rings. The third-order valence-electron chi connectivity index (χ3n) is 5.27. The summed E-state index contributed by atoms with van der Waals surface area (Å²) in [5.41, 5.74) is -2.81. The Bertz CT molecular complexity index is 1220. The number of nitrogens with one attached hydrogen (secondary N) is 1. The SMILES string of the molecule is CC(C)(CC(O)(Cc1cc2cc(S(C)(=O)=O)ncc2[nH]1)C(F)(F)F)c1cccc(Br)c1. The first-order valence-electron chi connectivity index (χ1n) is 9.34. The molecule has 1 aromatic carbocycles. The topological polar surface area (TPSA) is 83.0 Å². The molecule has 0 bridgehead atoms. The first kappa shape index (κ1) is 23.7. The minimum absolute atomic E-state index is 0.132. The molecule has 0 saturated heterocycles. The fraction of sp³-hybridized carbons (Fsp3) is 0.381. The van der Waals surface area contributed by atoms with Gasteiger partial charge in [0.05, 0.1) is 11.7 Å². The van der Waals surface area contributed by atoms with Gasteiger partial charge in [-0.3, -0.25) is 0 Å². The smallest absolute Gasteiger partial charge is 0.380 e. The number of sulfone groups is 1. The zero-order valence-electron chi connectivity index (χ0n) is 17.1. The van der Waals surface area contributed by atoms with Crippen molar-refractivity contribution in [1.82, 2.24) is 9.97 Å². The normalized spacial score (nSPS) is 15.2. The Kier molecular flexibility index (Phi) is 6.05. The molecule has 0 saturated carbocycles. The van der Waals surface area contributed by atoms with Gasteiger partial charge >= 0.3 is 6.18 Å². The van der Waals surface area contributed by atoms with E-state index in [2.05, 4.69) is 25.9 Å². The van der Waals surface area contributed by atoms with Crippen molar-refractivity contribution in [3.8, 4) is 0 Å². The number of halogens is 4. The zero-order chi connectivity index (χ0) is 23.2. The number of aromatic amines is 1. The molecule has 0 amide bonds. The molecule has 2 heterocycles. The van der Waals surface area contributed by atoms with Crippen LogP contribution in [-0.2, 0) is 21.7 Å². The number of pyridine rings is 1. The van der Waals surface area contributed by atoms with E-state index in [1.54, 1.807) is 38.1 Å². The van der Waals surface area contributed by atoms with Crippen LogP contribution in [-0.4, -0.2) is 41.5 Å². The number of H-pyrrole nitrogens is 1. The second kappa shape index (κ2) is 7.90. The van der Waals surface area contributed by atoms with E-state index in [1.165, 1.54) is 18.3 Å². The van der Waals surface area contributed by atoms with Crippen LogP contribution in [0.3, 0.4) is 0 Å². The lowest BCUT2D eigenvalue weighted by Crippen LogP contribution is -2.50. The lowest BCUT2D eigenvalue weighted by molar-refractivity contribution is -0.266. The predicted molar refractivity (Wildman–Crippen MR) is 116 cm³/mol. The number of alkyl halides is 3. The molecule has 2 N–H and O–H groups in total. The molecule has 3 aromatic rings. The molecule has 3 rings (SSSR count). The van der Waals surface area contributed by atoms with Crippen LogP contribution in [0.5, 0.6) is 0 Å². The number of aromatic nitrogens is 2. The van der Waals surface area contributed by atoms with E-state index in [0.717, 1.165) is 10.7 Å². The van der Waals surface area contributed by atoms with Gasteiger partial charge in [0.15, 0.2) is 20.5 Å². The van der Waals surface area contributed by atoms with Crippen molar-refractivity contribution in [2.75, 3.05) is 6.26 Å². The van der Waals surface area contributed by atoms with Crippen molar-refractivity contribution >= 4 is 36.7 Å². The Morgan fingerprint density at radius 3 is 2.42 bits per heavy atom. The van der Waals surface area contributed by atoms with E-state index in [-0.39, 0.29) is 10.7 Å². The summed E-state index contributed by atoms with van der Waals surface area (Å²) in [6.45, 7) is 3.30. The van der Waals surface area contributed by atoms with Crippen molar-refractivity contribution < 1.29 is 26.7 Å². The van der Waals surface area contributed by atoms with Gasteiger partial charge in [-0.2, -0.15) is 13.2 Å². The Labute approximate surface area is 186 Å². The molecule has 2 aromatic heterocycles. The van der Waals surface area contributed by atoms with Crippen LogP contribution in [0, 0.1) is 0 Å². The molecule has 0 spiro atoms. The van der Waals surface area contributed by atoms with Crippen molar-refractivity contribution in [3.05, 3.63) is 58.3 Å². The summed E-state index contributed by atoms with van der Waals surface area (Å²) < 4.78 is 66.2. The number of aliphatic hydroxyl groups is 1. The van der Waals surface area contributed by atoms with Crippen LogP contribution in [0.4, 0.5) is 13.2 Å². The largest absolute Gasteiger partial charge is 0.417 e. The lowest BCUT2D eigenvalue weighted by atomic mass is 9.73. The van der Waals surface area contributed by atoms with Gasteiger partial charge < -0.3 is 10.1 Å². The number of nitrogens with zero attached hydrogens (tertiary/aromatic N) is 1. The van der Waals surface area contributed by atoms with E-state index >= 15 is 0 Å². The average molecular weight is 519 g/mol. The molecule has 0 fully saturated rings. The molecule has 0 aliphatic heterocycles. The molecular formula is C21H22BrF3N2O3S. The Balaban J connectivity index is 1.97. The van der Waals surface area contributed by atoms with Gasteiger partial charge in [-0.15, -0.1) is 0 Å². The van der Waals surface area contributed by atoms with Gasteiger partial charge in [0.1, 0.15) is 0 Å². The number of hydrogen-bond acceptors (Lipinski definition) is 4. The molecule has 1 atom stereocenters. The van der Waals surface area contributed by atoms with Gasteiger partial charge in [0.25, 0.3) is 0 Å². The highest BCUT2D eigenvalue weighted by Crippen LogP contribution is 2.43. The van der Waals surface area contributed by atoms with Crippen molar-refractivity contribution in [3.63, 3.8) is 0 Å². The highest BCUT2D eigenvalue weighted by atomic mass is 79.9. The van der Waals surface area contributed by atoms with E-state index in [1.807, 2.05) is 0 Å². The summed E-state index contributed by atoms with van der Waals surface area (Å²) in [5, 5.41) is 11.0. The minimum atomic E-state index is -4.89. The Morgan fingerprint density at radius 1 is 1.16 bits per heavy atom. The van der Waals surface area contributed by atoms with Crippen LogP contribution < -0.4 is 0 Å². The van der Waals surface area contributed by atoms with Crippen LogP contribution in [0.25, 0.3) is 10.9 Å². The van der Waals surface area contributed by atoms with Gasteiger partial charge in [-0.05, 0) is 41.7 Å². The highest BCUT2D eigenvalue weighted by Gasteiger charge is 2.56. The quantitative estimate of drug-likeness (QED) is 0.484. The summed E-state index contributed by atoms with van der Waals surface area (Å²) in [4.78, 5) is 6.65. The molecule has 0 radical (unpaired) electrons. The lowest BCUT2D eigenvalue weighted by Gasteiger charge is -2.38. The highest BCUT2D eigenvalue weighted by molar-refractivity contribution is 9.10. The average Bonchev–Trinajstić information content (AvgIpc) is 3.00. The van der Waals surface area contributed by atoms with Crippen molar-refractivity contribution in [2.24, 2.45) is 0 Å². The van der Waals surface area contributed by atoms with E-state index in [4.69, 9.17) is 0 Å². The monoisotopic (exact) mass is 518 g/mol. The molecule has 10 heteroatoms. The second-order valence-corrected chi connectivity index (χ2v) is 11.3. The minimum Gasteiger partial charge on any atom is -0.380 e. The maximum atomic E-state index is 14.0. The number of benzene rings is 1. The molecule has 5 nitrogen and oxygen atoms in total. The van der Waals surface area contributed by atoms with E-state index < -0.39 is 39.9 Å². The molecule has 0 aliphatic carbocycles. The van der Waals surface area contributed by atoms with Gasteiger partial charge in [0, 0.05) is 28.2 Å². The Morgan fingerprint density at radius 2 is 1.84 bits per heavy atom. The van der Waals surface area contributed by atoms with Crippen LogP contribution in [0.15, 0.2) is 52.1 Å². The van der Waals surface area contributed by atoms with Crippen molar-refractivity contribution in [1.29, 1.82) is 0 Å². The summed E-state index contributed by atoms with van der Waals surface area (Å²) in [6.07, 6.45) is -3.91. The Hall–Kier alpha value is -1.91. The molecule has 1 unspecified atom stereocenters. The first-order chi connectivity index (χ1) is 14.1. The fourth-order valence-electron chi connectivity index (χ4n) is 3.69. The molecule has 168 valence electrons. The second-order valence-electron chi connectivity index (χ2n) is 8.45. The van der Waals surface area contributed by atoms with Gasteiger partial charge in [-0.1, -0.05) is 41.9 Å². The standard InChI is InChI=1S/C21H22BrF3N2O3S/c1-19(2,14-5-4-6-15(22)9-14)12-20(28,21(23,24)25)10-16-7-13-8-18(31(3,29)30)26-11-17(13)27-16/h4-9,11,27-28H,10,12H2,1-3H3. The van der Waals surface area contributed by atoms with Crippen LogP contribution in [0.2, 0.25) is 0 Å². The zero-order valence-corrected chi connectivity index (χ0v) is 19.5. The number of hydrogen-bond donors (Lipinski definition) is 2. The van der Waals surface area contributed by atoms with Gasteiger partial charge in [-0.25, -0.2) is 13.4 Å². The maximum Gasteiger partial charge on any atom is 0.417 e. The van der Waals surface area contributed by atoms with Crippen molar-refractivity contribution in [2.45, 2.75) is 48.9 Å². The van der Waals surface area contributed by atoms with E-state index in [9.17, 15) is 26.7 Å². The van der Waals surface area contributed by atoms with E-state index in [0.29, 0.717) is 16.5 Å². The number of fused-ring (bicyclic) bond motifs is 1. The number of rotatable bonds is 6.